The minimum Gasteiger partial charge on any atom is -0.494 e. The van der Waals surface area contributed by atoms with Crippen molar-refractivity contribution in [2.24, 2.45) is 4.99 Å². The Morgan fingerprint density at radius 3 is 2.21 bits per heavy atom. The molecule has 0 fully saturated rings. The Morgan fingerprint density at radius 1 is 0.830 bits per heavy atom. The summed E-state index contributed by atoms with van der Waals surface area (Å²) in [6, 6.07) is 33.1. The van der Waals surface area contributed by atoms with Gasteiger partial charge in [0.15, 0.2) is 4.80 Å². The fraction of sp³-hybridized carbons (Fsp3) is 0.158. The lowest BCUT2D eigenvalue weighted by Crippen LogP contribution is -2.41. The maximum atomic E-state index is 14.7. The van der Waals surface area contributed by atoms with E-state index in [1.165, 1.54) is 4.57 Å². The van der Waals surface area contributed by atoms with Gasteiger partial charge in [-0.15, -0.1) is 0 Å². The van der Waals surface area contributed by atoms with Crippen molar-refractivity contribution in [2.45, 2.75) is 26.4 Å². The molecule has 0 bridgehead atoms. The summed E-state index contributed by atoms with van der Waals surface area (Å²) in [6.45, 7) is 4.66. The first-order chi connectivity index (χ1) is 23.0. The van der Waals surface area contributed by atoms with E-state index in [9.17, 15) is 14.4 Å². The van der Waals surface area contributed by atoms with Gasteiger partial charge in [-0.3, -0.25) is 14.2 Å². The molecule has 5 aromatic rings. The highest BCUT2D eigenvalue weighted by molar-refractivity contribution is 7.07. The second kappa shape index (κ2) is 12.7. The van der Waals surface area contributed by atoms with Crippen LogP contribution in [0.15, 0.2) is 125 Å². The molecule has 47 heavy (non-hydrogen) atoms. The van der Waals surface area contributed by atoms with Gasteiger partial charge in [-0.25, -0.2) is 9.79 Å². The molecule has 4 aromatic carbocycles. The Balaban J connectivity index is 1.49. The van der Waals surface area contributed by atoms with E-state index in [-0.39, 0.29) is 22.6 Å². The standard InChI is InChI=1S/C38H31N3O5S/c1-3-45-27-21-19-26(20-22-27)33-31(37(44)46-4-2)32(25-15-9-6-10-16-25)39-38-41(33)36(43)34(47-38)30-28-17-11-12-18-29(28)40(35(30)42)23-24-13-7-5-8-14-24/h5-22,33H,3-4,23H2,1-2H3/b34-30+/t33-/m0/s1. The van der Waals surface area contributed by atoms with Crippen molar-refractivity contribution in [3.8, 4) is 5.75 Å². The van der Waals surface area contributed by atoms with E-state index in [2.05, 4.69) is 0 Å². The first kappa shape index (κ1) is 30.1. The first-order valence-corrected chi connectivity index (χ1v) is 16.3. The number of carbonyl (C=O) groups is 2. The van der Waals surface area contributed by atoms with Gasteiger partial charge in [-0.05, 0) is 43.2 Å². The molecular formula is C38H31N3O5S. The predicted molar refractivity (Wildman–Crippen MR) is 182 cm³/mol. The van der Waals surface area contributed by atoms with Crippen LogP contribution in [-0.4, -0.2) is 29.7 Å². The summed E-state index contributed by atoms with van der Waals surface area (Å²) in [4.78, 5) is 49.8. The number of para-hydroxylation sites is 1. The predicted octanol–water partition coefficient (Wildman–Crippen LogP) is 5.25. The summed E-state index contributed by atoms with van der Waals surface area (Å²) < 4.78 is 13.1. The number of esters is 1. The molecule has 0 unspecified atom stereocenters. The Bertz CT molecular complexity index is 2200. The summed E-state index contributed by atoms with van der Waals surface area (Å²) in [6.07, 6.45) is 0. The molecule has 1 atom stereocenters. The van der Waals surface area contributed by atoms with Gasteiger partial charge in [0.25, 0.3) is 11.5 Å². The molecule has 0 N–H and O–H groups in total. The number of thiazole rings is 1. The van der Waals surface area contributed by atoms with Crippen LogP contribution in [0.1, 0.15) is 42.1 Å². The van der Waals surface area contributed by atoms with Crippen LogP contribution in [0.3, 0.4) is 0 Å². The van der Waals surface area contributed by atoms with E-state index in [1.807, 2.05) is 116 Å². The van der Waals surface area contributed by atoms with Gasteiger partial charge in [-0.2, -0.15) is 0 Å². The van der Waals surface area contributed by atoms with Gasteiger partial charge in [0, 0.05) is 11.1 Å². The molecule has 1 amide bonds. The van der Waals surface area contributed by atoms with Gasteiger partial charge in [0.05, 0.1) is 48.3 Å². The average Bonchev–Trinajstić information content (AvgIpc) is 3.57. The van der Waals surface area contributed by atoms with Crippen molar-refractivity contribution < 1.29 is 19.1 Å². The number of anilines is 1. The quantitative estimate of drug-likeness (QED) is 0.216. The van der Waals surface area contributed by atoms with E-state index >= 15 is 0 Å². The average molecular weight is 642 g/mol. The molecule has 9 heteroatoms. The number of carbonyl (C=O) groups excluding carboxylic acids is 2. The molecule has 8 nitrogen and oxygen atoms in total. The molecule has 2 aliphatic rings. The van der Waals surface area contributed by atoms with Crippen LogP contribution in [-0.2, 0) is 20.9 Å². The van der Waals surface area contributed by atoms with Crippen LogP contribution in [0, 0.1) is 0 Å². The summed E-state index contributed by atoms with van der Waals surface area (Å²) in [5.74, 6) is -0.156. The molecule has 7 rings (SSSR count). The highest BCUT2D eigenvalue weighted by atomic mass is 32.1. The molecule has 1 aromatic heterocycles. The van der Waals surface area contributed by atoms with Crippen molar-refractivity contribution in [1.29, 1.82) is 0 Å². The second-order valence-electron chi connectivity index (χ2n) is 11.0. The minimum atomic E-state index is -0.863. The lowest BCUT2D eigenvalue weighted by Gasteiger charge is -2.26. The molecule has 2 aliphatic heterocycles. The smallest absolute Gasteiger partial charge is 0.338 e. The maximum Gasteiger partial charge on any atom is 0.338 e. The van der Waals surface area contributed by atoms with Crippen LogP contribution < -0.4 is 24.5 Å². The fourth-order valence-electron chi connectivity index (χ4n) is 6.14. The van der Waals surface area contributed by atoms with E-state index in [4.69, 9.17) is 14.5 Å². The molecule has 3 heterocycles. The van der Waals surface area contributed by atoms with E-state index < -0.39 is 17.6 Å². The monoisotopic (exact) mass is 641 g/mol. The highest BCUT2D eigenvalue weighted by Gasteiger charge is 2.38. The van der Waals surface area contributed by atoms with Gasteiger partial charge in [0.2, 0.25) is 0 Å². The Labute approximate surface area is 275 Å². The topological polar surface area (TPSA) is 90.2 Å². The Kier molecular flexibility index (Phi) is 8.14. The number of nitrogens with zero attached hydrogens (tertiary/aromatic N) is 3. The summed E-state index contributed by atoms with van der Waals surface area (Å²) in [5, 5.41) is 0. The molecule has 0 spiro atoms. The lowest BCUT2D eigenvalue weighted by atomic mass is 9.93. The molecule has 0 saturated heterocycles. The first-order valence-electron chi connectivity index (χ1n) is 15.5. The van der Waals surface area contributed by atoms with Gasteiger partial charge in [0.1, 0.15) is 10.3 Å². The third-order valence-electron chi connectivity index (χ3n) is 8.19. The summed E-state index contributed by atoms with van der Waals surface area (Å²) in [7, 11) is 0. The second-order valence-corrected chi connectivity index (χ2v) is 12.0. The SMILES string of the molecule is CCOC(=O)C1=C(c2ccccc2)N=c2s/c(=C3/C(=O)N(Cc4ccccc4)c4ccccc43)c(=O)n2[C@H]1c1ccc(OCC)cc1. The third-order valence-corrected chi connectivity index (χ3v) is 9.24. The molecule has 0 aliphatic carbocycles. The Hall–Kier alpha value is -5.54. The largest absolute Gasteiger partial charge is 0.494 e. The zero-order valence-corrected chi connectivity index (χ0v) is 26.7. The van der Waals surface area contributed by atoms with Crippen molar-refractivity contribution >= 4 is 40.2 Å². The van der Waals surface area contributed by atoms with Crippen molar-refractivity contribution in [2.75, 3.05) is 18.1 Å². The van der Waals surface area contributed by atoms with Crippen LogP contribution in [0.25, 0.3) is 11.3 Å². The maximum absolute atomic E-state index is 14.7. The summed E-state index contributed by atoms with van der Waals surface area (Å²) >= 11 is 1.16. The van der Waals surface area contributed by atoms with Gasteiger partial charge < -0.3 is 14.4 Å². The highest BCUT2D eigenvalue weighted by Crippen LogP contribution is 2.38. The number of rotatable bonds is 8. The van der Waals surface area contributed by atoms with E-state index in [0.29, 0.717) is 51.7 Å². The van der Waals surface area contributed by atoms with Crippen LogP contribution in [0.5, 0.6) is 5.75 Å². The lowest BCUT2D eigenvalue weighted by molar-refractivity contribution is -0.138. The van der Waals surface area contributed by atoms with Crippen LogP contribution >= 0.6 is 11.3 Å². The van der Waals surface area contributed by atoms with Crippen LogP contribution in [0.4, 0.5) is 5.69 Å². The molecule has 234 valence electrons. The summed E-state index contributed by atoms with van der Waals surface area (Å²) in [5.41, 5.74) is 4.38. The minimum absolute atomic E-state index is 0.150. The van der Waals surface area contributed by atoms with E-state index in [1.54, 1.807) is 11.8 Å². The van der Waals surface area contributed by atoms with E-state index in [0.717, 1.165) is 22.6 Å². The van der Waals surface area contributed by atoms with Gasteiger partial charge >= 0.3 is 5.97 Å². The van der Waals surface area contributed by atoms with Crippen molar-refractivity contribution in [3.63, 3.8) is 0 Å². The molecule has 0 saturated carbocycles. The molecule has 0 radical (unpaired) electrons. The number of hydrogen-bond donors (Lipinski definition) is 0. The fourth-order valence-corrected chi connectivity index (χ4v) is 7.23. The number of amides is 1. The third kappa shape index (κ3) is 5.38. The van der Waals surface area contributed by atoms with Crippen LogP contribution in [0.2, 0.25) is 0 Å². The Morgan fingerprint density at radius 2 is 1.51 bits per heavy atom. The molecular weight excluding hydrogens is 611 g/mol. The normalized spacial score (nSPS) is 16.4. The zero-order chi connectivity index (χ0) is 32.5. The number of fused-ring (bicyclic) bond motifs is 2. The van der Waals surface area contributed by atoms with Crippen molar-refractivity contribution in [1.82, 2.24) is 4.57 Å². The zero-order valence-electron chi connectivity index (χ0n) is 25.9. The van der Waals surface area contributed by atoms with Crippen molar-refractivity contribution in [3.05, 3.63) is 157 Å². The number of hydrogen-bond acceptors (Lipinski definition) is 7. The number of benzene rings is 4. The van der Waals surface area contributed by atoms with Gasteiger partial charge in [-0.1, -0.05) is 102 Å². The number of ether oxygens (including phenoxy) is 2. The number of aromatic nitrogens is 1.